The number of esters is 1. The van der Waals surface area contributed by atoms with Crippen molar-refractivity contribution < 1.29 is 14.3 Å². The van der Waals surface area contributed by atoms with Crippen LogP contribution < -0.4 is 5.32 Å². The van der Waals surface area contributed by atoms with Gasteiger partial charge in [0.1, 0.15) is 0 Å². The normalized spacial score (nSPS) is 19.5. The molecule has 4 rings (SSSR count). The summed E-state index contributed by atoms with van der Waals surface area (Å²) in [6.07, 6.45) is 3.35. The molecule has 0 aromatic heterocycles. The molecule has 0 aliphatic heterocycles. The Morgan fingerprint density at radius 2 is 1.96 bits per heavy atom. The Morgan fingerprint density at radius 3 is 2.65 bits per heavy atom. The zero-order chi connectivity index (χ0) is 18.3. The molecule has 2 aliphatic rings. The van der Waals surface area contributed by atoms with E-state index in [2.05, 4.69) is 5.32 Å². The minimum Gasteiger partial charge on any atom is -0.465 e. The highest BCUT2D eigenvalue weighted by Gasteiger charge is 2.52. The summed E-state index contributed by atoms with van der Waals surface area (Å²) in [5, 5.41) is 3.84. The van der Waals surface area contributed by atoms with Crippen molar-refractivity contribution in [1.82, 2.24) is 5.32 Å². The quantitative estimate of drug-likeness (QED) is 0.830. The summed E-state index contributed by atoms with van der Waals surface area (Å²) in [4.78, 5) is 24.9. The molecule has 0 bridgehead atoms. The fourth-order valence-electron chi connectivity index (χ4n) is 3.89. The van der Waals surface area contributed by atoms with Gasteiger partial charge in [-0.2, -0.15) is 0 Å². The fourth-order valence-corrected chi connectivity index (χ4v) is 4.20. The molecule has 4 nitrogen and oxygen atoms in total. The van der Waals surface area contributed by atoms with Crippen LogP contribution in [0.1, 0.15) is 52.4 Å². The van der Waals surface area contributed by atoms with Crippen LogP contribution in [-0.2, 0) is 21.4 Å². The Hall–Kier alpha value is -2.33. The van der Waals surface area contributed by atoms with Gasteiger partial charge in [0.15, 0.2) is 0 Å². The third-order valence-corrected chi connectivity index (χ3v) is 5.85. The number of rotatable bonds is 4. The van der Waals surface area contributed by atoms with Gasteiger partial charge in [-0.05, 0) is 60.6 Å². The van der Waals surface area contributed by atoms with E-state index >= 15 is 0 Å². The van der Waals surface area contributed by atoms with Crippen molar-refractivity contribution in [2.75, 3.05) is 7.11 Å². The molecule has 0 radical (unpaired) electrons. The van der Waals surface area contributed by atoms with Gasteiger partial charge in [0.25, 0.3) is 0 Å². The number of ether oxygens (including phenoxy) is 1. The van der Waals surface area contributed by atoms with Crippen LogP contribution in [0.5, 0.6) is 0 Å². The first-order chi connectivity index (χ1) is 12.5. The molecule has 2 aliphatic carbocycles. The minimum atomic E-state index is -0.513. The van der Waals surface area contributed by atoms with E-state index in [0.717, 1.165) is 36.8 Å². The molecule has 0 heterocycles. The van der Waals surface area contributed by atoms with Gasteiger partial charge < -0.3 is 10.1 Å². The highest BCUT2D eigenvalue weighted by Crippen LogP contribution is 2.51. The van der Waals surface area contributed by atoms with Crippen LogP contribution in [0.15, 0.2) is 42.5 Å². The summed E-state index contributed by atoms with van der Waals surface area (Å²) in [7, 11) is 1.37. The molecule has 1 amide bonds. The standard InChI is InChI=1S/C21H20ClNO3/c1-26-19(24)14-7-6-13-8-9-18(15(13)12-14)23-20(25)21(10-11-21)16-4-2-3-5-17(16)22/h2-7,12,18H,8-11H2,1H3,(H,23,25). The second-order valence-electron chi connectivity index (χ2n) is 7.03. The van der Waals surface area contributed by atoms with Crippen LogP contribution in [-0.4, -0.2) is 19.0 Å². The van der Waals surface area contributed by atoms with Gasteiger partial charge in [-0.3, -0.25) is 4.79 Å². The predicted octanol–water partition coefficient (Wildman–Crippen LogP) is 3.96. The second kappa shape index (κ2) is 6.44. The van der Waals surface area contributed by atoms with Gasteiger partial charge in [-0.15, -0.1) is 0 Å². The molecule has 1 N–H and O–H groups in total. The summed E-state index contributed by atoms with van der Waals surface area (Å²) >= 11 is 6.33. The first-order valence-electron chi connectivity index (χ1n) is 8.82. The van der Waals surface area contributed by atoms with Crippen LogP contribution in [0.2, 0.25) is 5.02 Å². The van der Waals surface area contributed by atoms with E-state index in [4.69, 9.17) is 16.3 Å². The first kappa shape index (κ1) is 17.1. The maximum atomic E-state index is 13.1. The first-order valence-corrected chi connectivity index (χ1v) is 9.20. The fraction of sp³-hybridized carbons (Fsp3) is 0.333. The zero-order valence-corrected chi connectivity index (χ0v) is 15.3. The maximum Gasteiger partial charge on any atom is 0.337 e. The van der Waals surface area contributed by atoms with Crippen molar-refractivity contribution >= 4 is 23.5 Å². The van der Waals surface area contributed by atoms with Gasteiger partial charge in [-0.1, -0.05) is 35.9 Å². The third-order valence-electron chi connectivity index (χ3n) is 5.52. The lowest BCUT2D eigenvalue weighted by Crippen LogP contribution is -2.36. The van der Waals surface area contributed by atoms with Gasteiger partial charge in [0.2, 0.25) is 5.91 Å². The number of hydrogen-bond donors (Lipinski definition) is 1. The van der Waals surface area contributed by atoms with Gasteiger partial charge in [0.05, 0.1) is 24.1 Å². The van der Waals surface area contributed by atoms with Crippen LogP contribution in [0.3, 0.4) is 0 Å². The van der Waals surface area contributed by atoms with E-state index < -0.39 is 5.41 Å². The van der Waals surface area contributed by atoms with E-state index in [1.165, 1.54) is 12.7 Å². The van der Waals surface area contributed by atoms with E-state index in [1.807, 2.05) is 36.4 Å². The lowest BCUT2D eigenvalue weighted by atomic mass is 9.94. The number of halogens is 1. The maximum absolute atomic E-state index is 13.1. The number of hydrogen-bond acceptors (Lipinski definition) is 3. The Labute approximate surface area is 157 Å². The van der Waals surface area contributed by atoms with Crippen molar-refractivity contribution in [3.8, 4) is 0 Å². The highest BCUT2D eigenvalue weighted by molar-refractivity contribution is 6.31. The number of methoxy groups -OCH3 is 1. The lowest BCUT2D eigenvalue weighted by Gasteiger charge is -2.21. The Kier molecular flexibility index (Phi) is 4.23. The summed E-state index contributed by atoms with van der Waals surface area (Å²) in [6.45, 7) is 0. The predicted molar refractivity (Wildman–Crippen MR) is 99.4 cm³/mol. The Balaban J connectivity index is 1.58. The summed E-state index contributed by atoms with van der Waals surface area (Å²) in [5.41, 5.74) is 3.09. The van der Waals surface area contributed by atoms with E-state index in [9.17, 15) is 9.59 Å². The van der Waals surface area contributed by atoms with E-state index in [1.54, 1.807) is 6.07 Å². The topological polar surface area (TPSA) is 55.4 Å². The summed E-state index contributed by atoms with van der Waals surface area (Å²) < 4.78 is 4.81. The molecule has 1 unspecified atom stereocenters. The number of fused-ring (bicyclic) bond motifs is 1. The molecule has 134 valence electrons. The number of benzene rings is 2. The molecular weight excluding hydrogens is 350 g/mol. The molecule has 2 aromatic rings. The molecule has 1 saturated carbocycles. The molecule has 0 spiro atoms. The average Bonchev–Trinajstić information content (AvgIpc) is 3.38. The van der Waals surface area contributed by atoms with Crippen LogP contribution in [0, 0.1) is 0 Å². The van der Waals surface area contributed by atoms with Gasteiger partial charge in [0, 0.05) is 5.02 Å². The molecular formula is C21H20ClNO3. The largest absolute Gasteiger partial charge is 0.465 e. The molecule has 0 saturated heterocycles. The van der Waals surface area contributed by atoms with Crippen molar-refractivity contribution in [1.29, 1.82) is 0 Å². The lowest BCUT2D eigenvalue weighted by molar-refractivity contribution is -0.124. The SMILES string of the molecule is COC(=O)c1ccc2c(c1)C(NC(=O)C1(c3ccccc3Cl)CC1)CC2. The summed E-state index contributed by atoms with van der Waals surface area (Å²) in [6, 6.07) is 13.1. The smallest absolute Gasteiger partial charge is 0.337 e. The van der Waals surface area contributed by atoms with Crippen LogP contribution in [0.4, 0.5) is 0 Å². The monoisotopic (exact) mass is 369 g/mol. The Morgan fingerprint density at radius 1 is 1.19 bits per heavy atom. The number of aryl methyl sites for hydroxylation is 1. The van der Waals surface area contributed by atoms with E-state index in [0.29, 0.717) is 10.6 Å². The minimum absolute atomic E-state index is 0.0203. The third kappa shape index (κ3) is 2.78. The molecule has 5 heteroatoms. The summed E-state index contributed by atoms with van der Waals surface area (Å²) in [5.74, 6) is -0.341. The second-order valence-corrected chi connectivity index (χ2v) is 7.44. The van der Waals surface area contributed by atoms with Gasteiger partial charge in [-0.25, -0.2) is 4.79 Å². The molecule has 1 atom stereocenters. The zero-order valence-electron chi connectivity index (χ0n) is 14.5. The number of carbonyl (C=O) groups excluding carboxylic acids is 2. The highest BCUT2D eigenvalue weighted by atomic mass is 35.5. The van der Waals surface area contributed by atoms with Crippen molar-refractivity contribution in [3.05, 3.63) is 69.7 Å². The van der Waals surface area contributed by atoms with Crippen molar-refractivity contribution in [2.24, 2.45) is 0 Å². The Bertz CT molecular complexity index is 889. The van der Waals surface area contributed by atoms with Crippen LogP contribution >= 0.6 is 11.6 Å². The number of amides is 1. The molecule has 26 heavy (non-hydrogen) atoms. The van der Waals surface area contributed by atoms with E-state index in [-0.39, 0.29) is 17.9 Å². The number of nitrogens with one attached hydrogen (secondary N) is 1. The molecule has 1 fully saturated rings. The van der Waals surface area contributed by atoms with Crippen LogP contribution in [0.25, 0.3) is 0 Å². The average molecular weight is 370 g/mol. The van der Waals surface area contributed by atoms with Crippen molar-refractivity contribution in [3.63, 3.8) is 0 Å². The van der Waals surface area contributed by atoms with Gasteiger partial charge >= 0.3 is 5.97 Å². The number of carbonyl (C=O) groups is 2. The van der Waals surface area contributed by atoms with Crippen molar-refractivity contribution in [2.45, 2.75) is 37.1 Å². The molecule has 2 aromatic carbocycles.